The number of rotatable bonds is 7. The van der Waals surface area contributed by atoms with Crippen LogP contribution in [0.4, 0.5) is 4.79 Å². The highest BCUT2D eigenvalue weighted by Gasteiger charge is 2.25. The van der Waals surface area contributed by atoms with E-state index in [1.807, 2.05) is 24.3 Å². The number of unbranched alkanes of at least 4 members (excludes halogenated alkanes) is 2. The standard InChI is InChI=1S/C18H23N3O3/c22-18(23)21-11-9-15(13-21)24-12-3-1-2-5-14-7-8-16-17(20-14)6-4-10-19-16/h4,6-8,10,15H,1-3,5,9,11-13H2,(H,22,23). The van der Waals surface area contributed by atoms with E-state index in [1.54, 1.807) is 6.20 Å². The van der Waals surface area contributed by atoms with E-state index in [1.165, 1.54) is 4.90 Å². The molecular weight excluding hydrogens is 306 g/mol. The summed E-state index contributed by atoms with van der Waals surface area (Å²) in [6.07, 6.45) is 5.93. The Morgan fingerprint density at radius 2 is 2.17 bits per heavy atom. The summed E-state index contributed by atoms with van der Waals surface area (Å²) in [6.45, 7) is 1.79. The number of likely N-dealkylation sites (tertiary alicyclic amines) is 1. The molecule has 6 nitrogen and oxygen atoms in total. The minimum Gasteiger partial charge on any atom is -0.465 e. The summed E-state index contributed by atoms with van der Waals surface area (Å²) >= 11 is 0. The number of amides is 1. The van der Waals surface area contributed by atoms with Crippen molar-refractivity contribution in [3.05, 3.63) is 36.2 Å². The molecule has 1 aliphatic rings. The largest absolute Gasteiger partial charge is 0.465 e. The number of pyridine rings is 2. The summed E-state index contributed by atoms with van der Waals surface area (Å²) in [4.78, 5) is 21.2. The highest BCUT2D eigenvalue weighted by molar-refractivity contribution is 5.73. The molecule has 1 aliphatic heterocycles. The lowest BCUT2D eigenvalue weighted by Gasteiger charge is -2.13. The Morgan fingerprint density at radius 1 is 1.25 bits per heavy atom. The van der Waals surface area contributed by atoms with Crippen molar-refractivity contribution < 1.29 is 14.6 Å². The van der Waals surface area contributed by atoms with Crippen LogP contribution in [-0.4, -0.2) is 51.9 Å². The maximum absolute atomic E-state index is 10.8. The van der Waals surface area contributed by atoms with Crippen LogP contribution in [0.2, 0.25) is 0 Å². The number of fused-ring (bicyclic) bond motifs is 1. The number of hydrogen-bond donors (Lipinski definition) is 1. The zero-order valence-corrected chi connectivity index (χ0v) is 13.7. The van der Waals surface area contributed by atoms with E-state index in [0.29, 0.717) is 19.7 Å². The zero-order valence-electron chi connectivity index (χ0n) is 13.7. The second-order valence-corrected chi connectivity index (χ2v) is 6.16. The average Bonchev–Trinajstić information content (AvgIpc) is 3.07. The third-order valence-electron chi connectivity index (χ3n) is 4.36. The van der Waals surface area contributed by atoms with Gasteiger partial charge in [0.25, 0.3) is 0 Å². The number of ether oxygens (including phenoxy) is 1. The number of nitrogens with zero attached hydrogens (tertiary/aromatic N) is 3. The zero-order chi connectivity index (χ0) is 16.8. The van der Waals surface area contributed by atoms with Gasteiger partial charge in [0.1, 0.15) is 0 Å². The van der Waals surface area contributed by atoms with Crippen LogP contribution in [0.15, 0.2) is 30.5 Å². The Balaban J connectivity index is 1.31. The predicted octanol–water partition coefficient (Wildman–Crippen LogP) is 3.11. The SMILES string of the molecule is O=C(O)N1CCC(OCCCCCc2ccc3ncccc3n2)C1. The van der Waals surface area contributed by atoms with E-state index in [4.69, 9.17) is 9.84 Å². The van der Waals surface area contributed by atoms with E-state index in [9.17, 15) is 4.79 Å². The molecule has 0 aliphatic carbocycles. The van der Waals surface area contributed by atoms with Gasteiger partial charge in [-0.2, -0.15) is 0 Å². The van der Waals surface area contributed by atoms with Crippen LogP contribution < -0.4 is 0 Å². The second kappa shape index (κ2) is 8.06. The molecule has 1 amide bonds. The normalized spacial score (nSPS) is 17.5. The molecule has 6 heteroatoms. The Labute approximate surface area is 141 Å². The number of hydrogen-bond acceptors (Lipinski definition) is 4. The smallest absolute Gasteiger partial charge is 0.407 e. The Kier molecular flexibility index (Phi) is 5.59. The van der Waals surface area contributed by atoms with Crippen LogP contribution in [-0.2, 0) is 11.2 Å². The lowest BCUT2D eigenvalue weighted by Crippen LogP contribution is -2.28. The maximum Gasteiger partial charge on any atom is 0.407 e. The third kappa shape index (κ3) is 4.41. The first-order valence-electron chi connectivity index (χ1n) is 8.52. The van der Waals surface area contributed by atoms with Crippen molar-refractivity contribution in [3.8, 4) is 0 Å². The van der Waals surface area contributed by atoms with Crippen molar-refractivity contribution in [2.24, 2.45) is 0 Å². The molecule has 0 spiro atoms. The quantitative estimate of drug-likeness (QED) is 0.790. The van der Waals surface area contributed by atoms with Crippen LogP contribution in [0.1, 0.15) is 31.4 Å². The summed E-state index contributed by atoms with van der Waals surface area (Å²) in [7, 11) is 0. The molecule has 1 N–H and O–H groups in total. The summed E-state index contributed by atoms with van der Waals surface area (Å²) in [5, 5.41) is 8.91. The van der Waals surface area contributed by atoms with Crippen molar-refractivity contribution in [1.82, 2.24) is 14.9 Å². The molecule has 2 aromatic rings. The van der Waals surface area contributed by atoms with E-state index in [2.05, 4.69) is 9.97 Å². The molecule has 1 saturated heterocycles. The van der Waals surface area contributed by atoms with Crippen LogP contribution in [0.5, 0.6) is 0 Å². The van der Waals surface area contributed by atoms with Gasteiger partial charge < -0.3 is 14.7 Å². The van der Waals surface area contributed by atoms with E-state index >= 15 is 0 Å². The number of aromatic nitrogens is 2. The highest BCUT2D eigenvalue weighted by Crippen LogP contribution is 2.14. The fourth-order valence-electron chi connectivity index (χ4n) is 3.01. The fourth-order valence-corrected chi connectivity index (χ4v) is 3.01. The number of aryl methyl sites for hydroxylation is 1. The molecule has 0 aromatic carbocycles. The predicted molar refractivity (Wildman–Crippen MR) is 91.0 cm³/mol. The van der Waals surface area contributed by atoms with Crippen LogP contribution in [0.3, 0.4) is 0 Å². The van der Waals surface area contributed by atoms with Gasteiger partial charge in [-0.1, -0.05) is 6.42 Å². The van der Waals surface area contributed by atoms with Crippen molar-refractivity contribution >= 4 is 17.1 Å². The van der Waals surface area contributed by atoms with Crippen LogP contribution in [0.25, 0.3) is 11.0 Å². The summed E-state index contributed by atoms with van der Waals surface area (Å²) in [6, 6.07) is 7.96. The maximum atomic E-state index is 10.8. The summed E-state index contributed by atoms with van der Waals surface area (Å²) in [5.74, 6) is 0. The van der Waals surface area contributed by atoms with E-state index < -0.39 is 6.09 Å². The molecule has 1 atom stereocenters. The van der Waals surface area contributed by atoms with Crippen LogP contribution in [0, 0.1) is 0 Å². The van der Waals surface area contributed by atoms with E-state index in [-0.39, 0.29) is 6.10 Å². The lowest BCUT2D eigenvalue weighted by molar-refractivity contribution is 0.0560. The molecule has 2 aromatic heterocycles. The molecule has 0 bridgehead atoms. The lowest BCUT2D eigenvalue weighted by atomic mass is 10.1. The van der Waals surface area contributed by atoms with Gasteiger partial charge in [-0.3, -0.25) is 9.97 Å². The summed E-state index contributed by atoms with van der Waals surface area (Å²) in [5.41, 5.74) is 2.98. The van der Waals surface area contributed by atoms with Gasteiger partial charge in [-0.15, -0.1) is 0 Å². The highest BCUT2D eigenvalue weighted by atomic mass is 16.5. The van der Waals surface area contributed by atoms with Crippen LogP contribution >= 0.6 is 0 Å². The molecule has 3 rings (SSSR count). The fraction of sp³-hybridized carbons (Fsp3) is 0.500. The monoisotopic (exact) mass is 329 g/mol. The first-order valence-corrected chi connectivity index (χ1v) is 8.52. The van der Waals surface area contributed by atoms with Crippen molar-refractivity contribution in [2.75, 3.05) is 19.7 Å². The minimum absolute atomic E-state index is 0.0655. The second-order valence-electron chi connectivity index (χ2n) is 6.16. The average molecular weight is 329 g/mol. The van der Waals surface area contributed by atoms with Gasteiger partial charge in [-0.25, -0.2) is 4.79 Å². The molecule has 128 valence electrons. The van der Waals surface area contributed by atoms with E-state index in [0.717, 1.165) is 48.8 Å². The topological polar surface area (TPSA) is 75.5 Å². The van der Waals surface area contributed by atoms with Gasteiger partial charge in [0.2, 0.25) is 0 Å². The molecule has 0 saturated carbocycles. The van der Waals surface area contributed by atoms with Gasteiger partial charge >= 0.3 is 6.09 Å². The molecule has 24 heavy (non-hydrogen) atoms. The van der Waals surface area contributed by atoms with Gasteiger partial charge in [0.05, 0.1) is 23.7 Å². The first-order chi connectivity index (χ1) is 11.7. The first kappa shape index (κ1) is 16.6. The van der Waals surface area contributed by atoms with Crippen molar-refractivity contribution in [3.63, 3.8) is 0 Å². The molecule has 1 fully saturated rings. The summed E-state index contributed by atoms with van der Waals surface area (Å²) < 4.78 is 5.76. The van der Waals surface area contributed by atoms with Gasteiger partial charge in [-0.05, 0) is 49.9 Å². The number of carbonyl (C=O) groups is 1. The molecule has 0 radical (unpaired) electrons. The molecule has 3 heterocycles. The molecule has 1 unspecified atom stereocenters. The Morgan fingerprint density at radius 3 is 3.00 bits per heavy atom. The van der Waals surface area contributed by atoms with Gasteiger partial charge in [0, 0.05) is 25.0 Å². The van der Waals surface area contributed by atoms with Gasteiger partial charge in [0.15, 0.2) is 0 Å². The Hall–Kier alpha value is -2.21. The van der Waals surface area contributed by atoms with Crippen molar-refractivity contribution in [1.29, 1.82) is 0 Å². The molecular formula is C18H23N3O3. The van der Waals surface area contributed by atoms with Crippen molar-refractivity contribution in [2.45, 2.75) is 38.2 Å². The number of carboxylic acid groups (broad SMARTS) is 1. The minimum atomic E-state index is -0.848. The Bertz CT molecular complexity index is 692. The third-order valence-corrected chi connectivity index (χ3v) is 4.36.